The minimum absolute atomic E-state index is 0. The monoisotopic (exact) mass is 176 g/mol. The van der Waals surface area contributed by atoms with Crippen molar-refractivity contribution in [1.82, 2.24) is 0 Å². The number of carboxylic acid groups (broad SMARTS) is 2. The van der Waals surface area contributed by atoms with Gasteiger partial charge in [-0.3, -0.25) is 0 Å². The number of hydrogen-bond acceptors (Lipinski definition) is 1. The molecule has 0 bridgehead atoms. The average Bonchev–Trinajstić information content (AvgIpc) is 0.811. The Morgan fingerprint density at radius 3 is 1.14 bits per heavy atom. The Kier molecular flexibility index (Phi) is 54.5. The van der Waals surface area contributed by atoms with E-state index in [-0.39, 0.29) is 62.6 Å². The fourth-order valence-electron chi connectivity index (χ4n) is 0. The molecule has 0 heterocycles. The van der Waals surface area contributed by atoms with Gasteiger partial charge in [-0.05, 0) is 0 Å². The zero-order valence-corrected chi connectivity index (χ0v) is 4.25. The second-order valence-electron chi connectivity index (χ2n) is 0.283. The Labute approximate surface area is 82.9 Å². The van der Waals surface area contributed by atoms with Crippen molar-refractivity contribution in [3.63, 3.8) is 0 Å². The van der Waals surface area contributed by atoms with Crippen LogP contribution in [0.4, 0.5) is 4.79 Å². The molecule has 0 saturated heterocycles. The molecule has 0 aliphatic rings. The fourth-order valence-corrected chi connectivity index (χ4v) is 0. The quantitative estimate of drug-likeness (QED) is 0.518. The molecule has 0 spiro atoms. The first-order chi connectivity index (χ1) is 1.73. The molecule has 0 aromatic rings. The number of halogens is 2. The summed E-state index contributed by atoms with van der Waals surface area (Å²) in [6.07, 6.45) is -1.83. The minimum atomic E-state index is -1.83. The normalized spacial score (nSPS) is 3.43. The van der Waals surface area contributed by atoms with Crippen molar-refractivity contribution < 1.29 is 15.0 Å². The third-order valence-electron chi connectivity index (χ3n) is 0. The fraction of sp³-hybridized carbons (Fsp3) is 0. The topological polar surface area (TPSA) is 57.5 Å². The zero-order chi connectivity index (χ0) is 3.58. The van der Waals surface area contributed by atoms with Crippen molar-refractivity contribution in [2.45, 2.75) is 0 Å². The molecule has 0 saturated carbocycles. The Morgan fingerprint density at radius 2 is 1.14 bits per heavy atom. The second-order valence-corrected chi connectivity index (χ2v) is 0.283. The van der Waals surface area contributed by atoms with Crippen LogP contribution in [0.3, 0.4) is 0 Å². The van der Waals surface area contributed by atoms with Gasteiger partial charge in [-0.25, -0.2) is 4.79 Å². The molecule has 0 aromatic carbocycles. The number of carbonyl (C=O) groups is 1. The molecule has 2 N–H and O–H groups in total. The van der Waals surface area contributed by atoms with Gasteiger partial charge in [0.15, 0.2) is 0 Å². The van der Waals surface area contributed by atoms with Crippen LogP contribution >= 0.6 is 24.8 Å². The average molecular weight is 177 g/mol. The SMILES string of the molecule is Cl.Cl.O=C(O)O.[CaH2]. The van der Waals surface area contributed by atoms with Gasteiger partial charge in [0.25, 0.3) is 0 Å². The van der Waals surface area contributed by atoms with E-state index in [1.165, 1.54) is 0 Å². The van der Waals surface area contributed by atoms with Gasteiger partial charge in [0.2, 0.25) is 0 Å². The molecule has 44 valence electrons. The van der Waals surface area contributed by atoms with E-state index in [0.29, 0.717) is 0 Å². The van der Waals surface area contributed by atoms with Crippen LogP contribution in [0, 0.1) is 0 Å². The van der Waals surface area contributed by atoms with E-state index in [4.69, 9.17) is 15.0 Å². The van der Waals surface area contributed by atoms with E-state index in [0.717, 1.165) is 0 Å². The third-order valence-corrected chi connectivity index (χ3v) is 0. The second kappa shape index (κ2) is 15.7. The molecule has 6 heteroatoms. The summed E-state index contributed by atoms with van der Waals surface area (Å²) in [6, 6.07) is 0. The van der Waals surface area contributed by atoms with Crippen molar-refractivity contribution >= 4 is 68.7 Å². The number of hydrogen-bond donors (Lipinski definition) is 2. The summed E-state index contributed by atoms with van der Waals surface area (Å²) >= 11 is 0. The van der Waals surface area contributed by atoms with Crippen LogP contribution in [0.5, 0.6) is 0 Å². The van der Waals surface area contributed by atoms with Gasteiger partial charge in [0.1, 0.15) is 0 Å². The zero-order valence-electron chi connectivity index (χ0n) is 2.62. The van der Waals surface area contributed by atoms with Crippen LogP contribution in [0.15, 0.2) is 0 Å². The molecule has 7 heavy (non-hydrogen) atoms. The standard InChI is InChI=1S/CH2O3.Ca.2ClH.2H/c2-1(3)4;;;;;/h(H2,2,3,4);;2*1H;;. The Hall–Kier alpha value is 1.11. The Balaban J connectivity index is -0.0000000150. The van der Waals surface area contributed by atoms with Gasteiger partial charge in [-0.2, -0.15) is 0 Å². The molecule has 0 aliphatic heterocycles. The van der Waals surface area contributed by atoms with E-state index >= 15 is 0 Å². The summed E-state index contributed by atoms with van der Waals surface area (Å²) < 4.78 is 0. The van der Waals surface area contributed by atoms with Crippen LogP contribution in [-0.2, 0) is 0 Å². The Morgan fingerprint density at radius 1 is 1.14 bits per heavy atom. The van der Waals surface area contributed by atoms with Crippen LogP contribution in [0.25, 0.3) is 0 Å². The Bertz CT molecular complexity index is 35.9. The van der Waals surface area contributed by atoms with Gasteiger partial charge < -0.3 is 10.2 Å². The molecule has 0 atom stereocenters. The molecule has 3 nitrogen and oxygen atoms in total. The van der Waals surface area contributed by atoms with Crippen molar-refractivity contribution in [3.8, 4) is 0 Å². The predicted octanol–water partition coefficient (Wildman–Crippen LogP) is 0.150. The molecule has 0 fully saturated rings. The first-order valence-corrected chi connectivity index (χ1v) is 0.651. The third kappa shape index (κ3) is 151. The molecule has 0 aliphatic carbocycles. The maximum atomic E-state index is 8.56. The summed E-state index contributed by atoms with van der Waals surface area (Å²) in [5, 5.41) is 13.9. The predicted molar refractivity (Wildman–Crippen MR) is 33.7 cm³/mol. The van der Waals surface area contributed by atoms with E-state index in [1.54, 1.807) is 0 Å². The van der Waals surface area contributed by atoms with Gasteiger partial charge in [-0.15, -0.1) is 24.8 Å². The molecule has 0 radical (unpaired) electrons. The van der Waals surface area contributed by atoms with Crippen LogP contribution in [0.2, 0.25) is 0 Å². The molecule has 0 unspecified atom stereocenters. The molecule has 0 amide bonds. The van der Waals surface area contributed by atoms with E-state index in [2.05, 4.69) is 0 Å². The van der Waals surface area contributed by atoms with Crippen LogP contribution in [0.1, 0.15) is 0 Å². The first kappa shape index (κ1) is 24.3. The maximum absolute atomic E-state index is 8.56. The summed E-state index contributed by atoms with van der Waals surface area (Å²) in [5.74, 6) is 0. The summed E-state index contributed by atoms with van der Waals surface area (Å²) in [5.41, 5.74) is 0. The van der Waals surface area contributed by atoms with Crippen molar-refractivity contribution in [1.29, 1.82) is 0 Å². The first-order valence-electron chi connectivity index (χ1n) is 0.651. The van der Waals surface area contributed by atoms with Gasteiger partial charge >= 0.3 is 43.9 Å². The van der Waals surface area contributed by atoms with E-state index in [1.807, 2.05) is 0 Å². The van der Waals surface area contributed by atoms with Crippen molar-refractivity contribution in [3.05, 3.63) is 0 Å². The van der Waals surface area contributed by atoms with Crippen LogP contribution in [-0.4, -0.2) is 54.1 Å². The van der Waals surface area contributed by atoms with Crippen molar-refractivity contribution in [2.24, 2.45) is 0 Å². The summed E-state index contributed by atoms with van der Waals surface area (Å²) in [6.45, 7) is 0. The van der Waals surface area contributed by atoms with Crippen molar-refractivity contribution in [2.75, 3.05) is 0 Å². The van der Waals surface area contributed by atoms with E-state index in [9.17, 15) is 0 Å². The summed E-state index contributed by atoms with van der Waals surface area (Å²) in [4.78, 5) is 8.56. The van der Waals surface area contributed by atoms with Gasteiger partial charge in [0.05, 0.1) is 0 Å². The van der Waals surface area contributed by atoms with Gasteiger partial charge in [0, 0.05) is 0 Å². The molecular weight excluding hydrogens is 171 g/mol. The molecule has 0 aromatic heterocycles. The van der Waals surface area contributed by atoms with E-state index < -0.39 is 6.16 Å². The molecule has 0 rings (SSSR count). The molecular formula is CH6CaCl2O3. The summed E-state index contributed by atoms with van der Waals surface area (Å²) in [7, 11) is 0. The number of rotatable bonds is 0. The van der Waals surface area contributed by atoms with Gasteiger partial charge in [-0.1, -0.05) is 0 Å². The van der Waals surface area contributed by atoms with Crippen LogP contribution < -0.4 is 0 Å².